The van der Waals surface area contributed by atoms with Crippen LogP contribution in [0, 0.1) is 6.92 Å². The highest BCUT2D eigenvalue weighted by atomic mass is 16.5. The lowest BCUT2D eigenvalue weighted by Crippen LogP contribution is -2.17. The van der Waals surface area contributed by atoms with Gasteiger partial charge in [-0.1, -0.05) is 0 Å². The van der Waals surface area contributed by atoms with Crippen LogP contribution in [0.5, 0.6) is 5.75 Å². The molecule has 0 radical (unpaired) electrons. The third-order valence-corrected chi connectivity index (χ3v) is 2.65. The SMILES string of the molecule is COc1cc(C)nc(CNCCc2ccco2)c1. The van der Waals surface area contributed by atoms with Crippen LogP contribution in [0.4, 0.5) is 0 Å². The summed E-state index contributed by atoms with van der Waals surface area (Å²) in [6.07, 6.45) is 2.58. The van der Waals surface area contributed by atoms with Crippen LogP contribution >= 0.6 is 0 Å². The Labute approximate surface area is 107 Å². The van der Waals surface area contributed by atoms with Crippen molar-refractivity contribution in [1.82, 2.24) is 10.3 Å². The number of methoxy groups -OCH3 is 1. The summed E-state index contributed by atoms with van der Waals surface area (Å²) in [6, 6.07) is 7.76. The van der Waals surface area contributed by atoms with E-state index < -0.39 is 0 Å². The zero-order chi connectivity index (χ0) is 12.8. The summed E-state index contributed by atoms with van der Waals surface area (Å²) in [5.74, 6) is 1.85. The van der Waals surface area contributed by atoms with Crippen molar-refractivity contribution in [3.63, 3.8) is 0 Å². The average molecular weight is 246 g/mol. The van der Waals surface area contributed by atoms with Gasteiger partial charge in [-0.05, 0) is 19.1 Å². The van der Waals surface area contributed by atoms with Crippen LogP contribution < -0.4 is 10.1 Å². The van der Waals surface area contributed by atoms with Gasteiger partial charge in [-0.3, -0.25) is 4.98 Å². The van der Waals surface area contributed by atoms with E-state index in [0.29, 0.717) is 0 Å². The number of pyridine rings is 1. The molecule has 96 valence electrons. The van der Waals surface area contributed by atoms with E-state index in [1.807, 2.05) is 31.2 Å². The molecule has 0 aliphatic heterocycles. The van der Waals surface area contributed by atoms with Crippen LogP contribution in [0.1, 0.15) is 17.1 Å². The van der Waals surface area contributed by atoms with Crippen molar-refractivity contribution in [3.8, 4) is 5.75 Å². The van der Waals surface area contributed by atoms with Crippen LogP contribution in [-0.4, -0.2) is 18.6 Å². The van der Waals surface area contributed by atoms with Crippen molar-refractivity contribution < 1.29 is 9.15 Å². The average Bonchev–Trinajstić information content (AvgIpc) is 2.87. The zero-order valence-electron chi connectivity index (χ0n) is 10.8. The molecule has 2 aromatic rings. The molecule has 0 atom stereocenters. The minimum absolute atomic E-state index is 0.735. The molecule has 2 rings (SSSR count). The second kappa shape index (κ2) is 6.21. The third kappa shape index (κ3) is 3.60. The Hall–Kier alpha value is -1.81. The Morgan fingerprint density at radius 2 is 2.28 bits per heavy atom. The zero-order valence-corrected chi connectivity index (χ0v) is 10.8. The fraction of sp³-hybridized carbons (Fsp3) is 0.357. The van der Waals surface area contributed by atoms with Crippen LogP contribution in [-0.2, 0) is 13.0 Å². The van der Waals surface area contributed by atoms with Crippen LogP contribution in [0.25, 0.3) is 0 Å². The van der Waals surface area contributed by atoms with Crippen LogP contribution in [0.3, 0.4) is 0 Å². The summed E-state index contributed by atoms with van der Waals surface area (Å²) in [7, 11) is 1.67. The van der Waals surface area contributed by atoms with Crippen molar-refractivity contribution in [2.75, 3.05) is 13.7 Å². The van der Waals surface area contributed by atoms with Gasteiger partial charge in [0.05, 0.1) is 19.1 Å². The Balaban J connectivity index is 1.81. The van der Waals surface area contributed by atoms with Crippen molar-refractivity contribution in [1.29, 1.82) is 0 Å². The lowest BCUT2D eigenvalue weighted by Gasteiger charge is -2.07. The van der Waals surface area contributed by atoms with Gasteiger partial charge in [-0.2, -0.15) is 0 Å². The highest BCUT2D eigenvalue weighted by Gasteiger charge is 2.01. The number of furan rings is 1. The first kappa shape index (κ1) is 12.6. The van der Waals surface area contributed by atoms with Gasteiger partial charge < -0.3 is 14.5 Å². The summed E-state index contributed by atoms with van der Waals surface area (Å²) in [5.41, 5.74) is 1.96. The Bertz CT molecular complexity index is 481. The number of aryl methyl sites for hydroxylation is 1. The first-order valence-electron chi connectivity index (χ1n) is 6.02. The highest BCUT2D eigenvalue weighted by Crippen LogP contribution is 2.13. The Morgan fingerprint density at radius 3 is 3.00 bits per heavy atom. The predicted octanol–water partition coefficient (Wildman–Crippen LogP) is 2.32. The molecule has 0 bridgehead atoms. The van der Waals surface area contributed by atoms with Crippen LogP contribution in [0.15, 0.2) is 34.9 Å². The molecule has 0 aliphatic carbocycles. The predicted molar refractivity (Wildman–Crippen MR) is 69.6 cm³/mol. The van der Waals surface area contributed by atoms with Gasteiger partial charge >= 0.3 is 0 Å². The second-order valence-corrected chi connectivity index (χ2v) is 4.15. The van der Waals surface area contributed by atoms with Crippen molar-refractivity contribution in [2.45, 2.75) is 19.9 Å². The monoisotopic (exact) mass is 246 g/mol. The summed E-state index contributed by atoms with van der Waals surface area (Å²) in [4.78, 5) is 4.45. The van der Waals surface area contributed by atoms with Gasteiger partial charge in [-0.15, -0.1) is 0 Å². The molecule has 0 amide bonds. The topological polar surface area (TPSA) is 47.3 Å². The number of nitrogens with one attached hydrogen (secondary N) is 1. The Kier molecular flexibility index (Phi) is 4.36. The number of hydrogen-bond donors (Lipinski definition) is 1. The molecule has 18 heavy (non-hydrogen) atoms. The molecule has 1 N–H and O–H groups in total. The summed E-state index contributed by atoms with van der Waals surface area (Å²) >= 11 is 0. The van der Waals surface area contributed by atoms with Gasteiger partial charge in [0.1, 0.15) is 11.5 Å². The van der Waals surface area contributed by atoms with Gasteiger partial charge in [0, 0.05) is 37.3 Å². The third-order valence-electron chi connectivity index (χ3n) is 2.65. The highest BCUT2D eigenvalue weighted by molar-refractivity contribution is 5.26. The summed E-state index contributed by atoms with van der Waals surface area (Å²) in [5, 5.41) is 3.34. The lowest BCUT2D eigenvalue weighted by atomic mass is 10.2. The molecular formula is C14H18N2O2. The first-order chi connectivity index (χ1) is 8.78. The van der Waals surface area contributed by atoms with E-state index in [0.717, 1.165) is 42.4 Å². The van der Waals surface area contributed by atoms with Gasteiger partial charge in [0.15, 0.2) is 0 Å². The molecule has 0 unspecified atom stereocenters. The number of rotatable bonds is 6. The molecule has 2 aromatic heterocycles. The van der Waals surface area contributed by atoms with E-state index in [9.17, 15) is 0 Å². The van der Waals surface area contributed by atoms with E-state index >= 15 is 0 Å². The van der Waals surface area contributed by atoms with Gasteiger partial charge in [-0.25, -0.2) is 0 Å². The van der Waals surface area contributed by atoms with Gasteiger partial charge in [0.25, 0.3) is 0 Å². The normalized spacial score (nSPS) is 10.6. The first-order valence-corrected chi connectivity index (χ1v) is 6.02. The molecule has 2 heterocycles. The molecule has 0 saturated heterocycles. The van der Waals surface area contributed by atoms with Crippen molar-refractivity contribution in [2.24, 2.45) is 0 Å². The summed E-state index contributed by atoms with van der Waals surface area (Å²) < 4.78 is 10.5. The summed E-state index contributed by atoms with van der Waals surface area (Å²) in [6.45, 7) is 3.57. The van der Waals surface area contributed by atoms with Gasteiger partial charge in [0.2, 0.25) is 0 Å². The van der Waals surface area contributed by atoms with Crippen LogP contribution in [0.2, 0.25) is 0 Å². The lowest BCUT2D eigenvalue weighted by molar-refractivity contribution is 0.412. The smallest absolute Gasteiger partial charge is 0.122 e. The number of ether oxygens (including phenoxy) is 1. The molecule has 0 saturated carbocycles. The fourth-order valence-corrected chi connectivity index (χ4v) is 1.79. The molecule has 0 aliphatic rings. The standard InChI is InChI=1S/C14H18N2O2/c1-11-8-14(17-2)9-12(16-11)10-15-6-5-13-4-3-7-18-13/h3-4,7-9,15H,5-6,10H2,1-2H3. The molecule has 4 heteroatoms. The number of nitrogens with zero attached hydrogens (tertiary/aromatic N) is 1. The quantitative estimate of drug-likeness (QED) is 0.795. The molecule has 0 aromatic carbocycles. The van der Waals surface area contributed by atoms with E-state index in [2.05, 4.69) is 10.3 Å². The minimum Gasteiger partial charge on any atom is -0.497 e. The maximum atomic E-state index is 5.27. The van der Waals surface area contributed by atoms with Crippen molar-refractivity contribution >= 4 is 0 Å². The largest absolute Gasteiger partial charge is 0.497 e. The van der Waals surface area contributed by atoms with Crippen molar-refractivity contribution in [3.05, 3.63) is 47.7 Å². The van der Waals surface area contributed by atoms with E-state index in [-0.39, 0.29) is 0 Å². The maximum Gasteiger partial charge on any atom is 0.122 e. The number of hydrogen-bond acceptors (Lipinski definition) is 4. The van der Waals surface area contributed by atoms with E-state index in [4.69, 9.17) is 9.15 Å². The number of aromatic nitrogens is 1. The van der Waals surface area contributed by atoms with E-state index in [1.165, 1.54) is 0 Å². The maximum absolute atomic E-state index is 5.27. The Morgan fingerprint density at radius 1 is 1.39 bits per heavy atom. The second-order valence-electron chi connectivity index (χ2n) is 4.15. The molecular weight excluding hydrogens is 228 g/mol. The molecule has 4 nitrogen and oxygen atoms in total. The van der Waals surface area contributed by atoms with E-state index in [1.54, 1.807) is 13.4 Å². The minimum atomic E-state index is 0.735. The molecule has 0 fully saturated rings. The molecule has 0 spiro atoms. The fourth-order valence-electron chi connectivity index (χ4n) is 1.79.